The van der Waals surface area contributed by atoms with Crippen molar-refractivity contribution < 1.29 is 9.90 Å². The summed E-state index contributed by atoms with van der Waals surface area (Å²) in [5.41, 5.74) is 5.80. The predicted octanol–water partition coefficient (Wildman–Crippen LogP) is 0.735. The Morgan fingerprint density at radius 3 is 2.59 bits per heavy atom. The lowest BCUT2D eigenvalue weighted by Crippen LogP contribution is -2.50. The number of aliphatic hydroxyl groups excluding tert-OH is 1. The number of aliphatic hydroxyl groups is 1. The van der Waals surface area contributed by atoms with E-state index in [-0.39, 0.29) is 18.6 Å². The van der Waals surface area contributed by atoms with Gasteiger partial charge in [0.15, 0.2) is 0 Å². The van der Waals surface area contributed by atoms with E-state index < -0.39 is 0 Å². The number of nitrogens with zero attached hydrogens (tertiary/aromatic N) is 1. The van der Waals surface area contributed by atoms with E-state index in [2.05, 4.69) is 0 Å². The Balaban J connectivity index is 1.92. The summed E-state index contributed by atoms with van der Waals surface area (Å²) in [6.07, 6.45) is 6.54. The summed E-state index contributed by atoms with van der Waals surface area (Å²) >= 11 is 0. The van der Waals surface area contributed by atoms with Gasteiger partial charge in [0.05, 0.1) is 6.04 Å². The first-order chi connectivity index (χ1) is 8.22. The third-order valence-electron chi connectivity index (χ3n) is 4.33. The minimum Gasteiger partial charge on any atom is -0.396 e. The number of hydrogen-bond donors (Lipinski definition) is 2. The molecule has 0 aromatic carbocycles. The number of likely N-dealkylation sites (tertiary alicyclic amines) is 1. The summed E-state index contributed by atoms with van der Waals surface area (Å²) in [4.78, 5) is 13.9. The van der Waals surface area contributed by atoms with Gasteiger partial charge in [-0.15, -0.1) is 0 Å². The van der Waals surface area contributed by atoms with Gasteiger partial charge in [-0.2, -0.15) is 0 Å². The van der Waals surface area contributed by atoms with Crippen LogP contribution in [0, 0.1) is 11.8 Å². The molecule has 1 saturated carbocycles. The molecule has 0 spiro atoms. The van der Waals surface area contributed by atoms with E-state index in [4.69, 9.17) is 5.73 Å². The molecular formula is C13H24N2O2. The Morgan fingerprint density at radius 2 is 1.88 bits per heavy atom. The summed E-state index contributed by atoms with van der Waals surface area (Å²) in [5.74, 6) is 0.969. The van der Waals surface area contributed by atoms with Crippen molar-refractivity contribution in [3.63, 3.8) is 0 Å². The highest BCUT2D eigenvalue weighted by atomic mass is 16.3. The van der Waals surface area contributed by atoms with Crippen molar-refractivity contribution in [3.8, 4) is 0 Å². The number of piperidine rings is 1. The average Bonchev–Trinajstić information content (AvgIpc) is 2.35. The molecule has 17 heavy (non-hydrogen) atoms. The third-order valence-corrected chi connectivity index (χ3v) is 4.33. The highest BCUT2D eigenvalue weighted by Gasteiger charge is 2.31. The Morgan fingerprint density at radius 1 is 1.18 bits per heavy atom. The molecule has 1 aliphatic heterocycles. The van der Waals surface area contributed by atoms with E-state index in [1.807, 2.05) is 4.90 Å². The normalized spacial score (nSPS) is 35.1. The van der Waals surface area contributed by atoms with Crippen molar-refractivity contribution in [1.29, 1.82) is 0 Å². The predicted molar refractivity (Wildman–Crippen MR) is 66.3 cm³/mol. The second kappa shape index (κ2) is 5.83. The maximum absolute atomic E-state index is 11.9. The molecule has 2 fully saturated rings. The number of carbonyl (C=O) groups is 1. The number of carbonyl (C=O) groups excluding carboxylic acids is 1. The van der Waals surface area contributed by atoms with E-state index in [0.717, 1.165) is 38.8 Å². The van der Waals surface area contributed by atoms with Gasteiger partial charge in [-0.25, -0.2) is 0 Å². The molecule has 0 bridgehead atoms. The third kappa shape index (κ3) is 2.99. The van der Waals surface area contributed by atoms with Crippen LogP contribution >= 0.6 is 0 Å². The standard InChI is InChI=1S/C13H24N2O2/c14-12-6-3-7-15(13(12)17)8-10-4-1-2-5-11(10)9-16/h10-12,16H,1-9,14H2. The maximum atomic E-state index is 11.9. The zero-order chi connectivity index (χ0) is 12.3. The van der Waals surface area contributed by atoms with Crippen LogP contribution in [0.15, 0.2) is 0 Å². The largest absolute Gasteiger partial charge is 0.396 e. The monoisotopic (exact) mass is 240 g/mol. The Kier molecular flexibility index (Phi) is 4.40. The number of hydrogen-bond acceptors (Lipinski definition) is 3. The zero-order valence-electron chi connectivity index (χ0n) is 10.5. The van der Waals surface area contributed by atoms with Gasteiger partial charge in [-0.3, -0.25) is 4.79 Å². The lowest BCUT2D eigenvalue weighted by atomic mass is 9.79. The molecule has 1 amide bonds. The van der Waals surface area contributed by atoms with E-state index >= 15 is 0 Å². The Hall–Kier alpha value is -0.610. The first kappa shape index (κ1) is 12.8. The molecule has 3 atom stereocenters. The van der Waals surface area contributed by atoms with Crippen LogP contribution in [0.1, 0.15) is 38.5 Å². The van der Waals surface area contributed by atoms with Crippen LogP contribution in [0.3, 0.4) is 0 Å². The first-order valence-electron chi connectivity index (χ1n) is 6.87. The van der Waals surface area contributed by atoms with Crippen LogP contribution in [0.25, 0.3) is 0 Å². The van der Waals surface area contributed by atoms with Crippen LogP contribution < -0.4 is 5.73 Å². The molecule has 4 heteroatoms. The zero-order valence-corrected chi connectivity index (χ0v) is 10.5. The van der Waals surface area contributed by atoms with Crippen LogP contribution in [0.5, 0.6) is 0 Å². The maximum Gasteiger partial charge on any atom is 0.239 e. The fourth-order valence-electron chi connectivity index (χ4n) is 3.20. The van der Waals surface area contributed by atoms with Gasteiger partial charge in [0.25, 0.3) is 0 Å². The molecule has 1 aliphatic carbocycles. The van der Waals surface area contributed by atoms with Gasteiger partial charge < -0.3 is 15.7 Å². The van der Waals surface area contributed by atoms with E-state index in [9.17, 15) is 9.90 Å². The topological polar surface area (TPSA) is 66.6 Å². The fraction of sp³-hybridized carbons (Fsp3) is 0.923. The molecule has 1 saturated heterocycles. The summed E-state index contributed by atoms with van der Waals surface area (Å²) < 4.78 is 0. The lowest BCUT2D eigenvalue weighted by molar-refractivity contribution is -0.136. The molecule has 98 valence electrons. The van der Waals surface area contributed by atoms with Gasteiger partial charge in [0, 0.05) is 19.7 Å². The molecule has 2 aliphatic rings. The Labute approximate surface area is 103 Å². The van der Waals surface area contributed by atoms with Gasteiger partial charge in [-0.05, 0) is 37.5 Å². The molecule has 4 nitrogen and oxygen atoms in total. The van der Waals surface area contributed by atoms with Crippen molar-refractivity contribution in [2.24, 2.45) is 17.6 Å². The van der Waals surface area contributed by atoms with Gasteiger partial charge >= 0.3 is 0 Å². The van der Waals surface area contributed by atoms with Crippen molar-refractivity contribution >= 4 is 5.91 Å². The summed E-state index contributed by atoms with van der Waals surface area (Å²) in [5, 5.41) is 9.38. The van der Waals surface area contributed by atoms with E-state index in [1.54, 1.807) is 0 Å². The highest BCUT2D eigenvalue weighted by Crippen LogP contribution is 2.31. The molecule has 0 radical (unpaired) electrons. The Bertz CT molecular complexity index is 270. The number of rotatable bonds is 3. The summed E-state index contributed by atoms with van der Waals surface area (Å²) in [7, 11) is 0. The second-order valence-electron chi connectivity index (χ2n) is 5.52. The van der Waals surface area contributed by atoms with Crippen LogP contribution in [0.4, 0.5) is 0 Å². The van der Waals surface area contributed by atoms with Crippen LogP contribution in [-0.2, 0) is 4.79 Å². The van der Waals surface area contributed by atoms with E-state index in [1.165, 1.54) is 12.8 Å². The minimum absolute atomic E-state index is 0.110. The smallest absolute Gasteiger partial charge is 0.239 e. The van der Waals surface area contributed by atoms with Crippen molar-refractivity contribution in [2.75, 3.05) is 19.7 Å². The van der Waals surface area contributed by atoms with Crippen molar-refractivity contribution in [2.45, 2.75) is 44.6 Å². The molecular weight excluding hydrogens is 216 g/mol. The average molecular weight is 240 g/mol. The summed E-state index contributed by atoms with van der Waals surface area (Å²) in [6, 6.07) is -0.292. The molecule has 0 aromatic rings. The minimum atomic E-state index is -0.292. The van der Waals surface area contributed by atoms with Gasteiger partial charge in [-0.1, -0.05) is 12.8 Å². The molecule has 3 unspecified atom stereocenters. The highest BCUT2D eigenvalue weighted by molar-refractivity contribution is 5.82. The lowest BCUT2D eigenvalue weighted by Gasteiger charge is -2.37. The first-order valence-corrected chi connectivity index (χ1v) is 6.87. The van der Waals surface area contributed by atoms with Crippen LogP contribution in [-0.4, -0.2) is 41.7 Å². The van der Waals surface area contributed by atoms with Gasteiger partial charge in [0.2, 0.25) is 5.91 Å². The van der Waals surface area contributed by atoms with Crippen molar-refractivity contribution in [1.82, 2.24) is 4.90 Å². The quantitative estimate of drug-likeness (QED) is 0.764. The molecule has 1 heterocycles. The number of amides is 1. The molecule has 3 N–H and O–H groups in total. The SMILES string of the molecule is NC1CCCN(CC2CCCCC2CO)C1=O. The van der Waals surface area contributed by atoms with Crippen molar-refractivity contribution in [3.05, 3.63) is 0 Å². The molecule has 0 aromatic heterocycles. The van der Waals surface area contributed by atoms with E-state index in [0.29, 0.717) is 11.8 Å². The number of nitrogens with two attached hydrogens (primary N) is 1. The van der Waals surface area contributed by atoms with Gasteiger partial charge in [0.1, 0.15) is 0 Å². The molecule has 2 rings (SSSR count). The second-order valence-corrected chi connectivity index (χ2v) is 5.52. The summed E-state index contributed by atoms with van der Waals surface area (Å²) in [6.45, 7) is 1.91. The fourth-order valence-corrected chi connectivity index (χ4v) is 3.20. The van der Waals surface area contributed by atoms with Crippen LogP contribution in [0.2, 0.25) is 0 Å².